The third-order valence-electron chi connectivity index (χ3n) is 2.93. The van der Waals surface area contributed by atoms with Gasteiger partial charge >= 0.3 is 12.0 Å². The number of nitro benzene ring substituents is 1. The Hall–Kier alpha value is -2.84. The van der Waals surface area contributed by atoms with E-state index >= 15 is 0 Å². The van der Waals surface area contributed by atoms with E-state index in [4.69, 9.17) is 4.74 Å². The van der Waals surface area contributed by atoms with E-state index in [1.807, 2.05) is 0 Å². The van der Waals surface area contributed by atoms with Crippen LogP contribution < -0.4 is 10.6 Å². The maximum absolute atomic E-state index is 11.9. The lowest BCUT2D eigenvalue weighted by molar-refractivity contribution is -0.384. The van der Waals surface area contributed by atoms with Crippen molar-refractivity contribution < 1.29 is 24.4 Å². The van der Waals surface area contributed by atoms with E-state index < -0.39 is 28.7 Å². The van der Waals surface area contributed by atoms with E-state index in [9.17, 15) is 24.8 Å². The largest absolute Gasteiger partial charge is 0.506 e. The van der Waals surface area contributed by atoms with Gasteiger partial charge in [-0.05, 0) is 18.9 Å². The van der Waals surface area contributed by atoms with Gasteiger partial charge in [-0.15, -0.1) is 0 Å². The Bertz CT molecular complexity index is 602. The smallest absolute Gasteiger partial charge is 0.328 e. The summed E-state index contributed by atoms with van der Waals surface area (Å²) in [5.41, 5.74) is -0.320. The van der Waals surface area contributed by atoms with Crippen molar-refractivity contribution in [2.24, 2.45) is 5.92 Å². The van der Waals surface area contributed by atoms with Crippen molar-refractivity contribution in [2.45, 2.75) is 26.8 Å². The van der Waals surface area contributed by atoms with Crippen molar-refractivity contribution in [3.05, 3.63) is 28.3 Å². The Balaban J connectivity index is 2.79. The third kappa shape index (κ3) is 5.13. The van der Waals surface area contributed by atoms with Crippen LogP contribution in [-0.2, 0) is 9.53 Å². The summed E-state index contributed by atoms with van der Waals surface area (Å²) in [6.45, 7) is 5.33. The number of non-ortho nitro benzene ring substituents is 1. The van der Waals surface area contributed by atoms with Gasteiger partial charge in [0, 0.05) is 6.07 Å². The molecule has 1 aromatic carbocycles. The van der Waals surface area contributed by atoms with Gasteiger partial charge in [0.1, 0.15) is 11.8 Å². The van der Waals surface area contributed by atoms with Crippen LogP contribution in [0.5, 0.6) is 5.75 Å². The van der Waals surface area contributed by atoms with Crippen LogP contribution in [0.4, 0.5) is 16.2 Å². The molecule has 0 spiro atoms. The van der Waals surface area contributed by atoms with E-state index in [-0.39, 0.29) is 23.9 Å². The van der Waals surface area contributed by atoms with Gasteiger partial charge in [0.2, 0.25) is 0 Å². The van der Waals surface area contributed by atoms with Crippen LogP contribution >= 0.6 is 0 Å². The number of hydrogen-bond donors (Lipinski definition) is 3. The van der Waals surface area contributed by atoms with Crippen LogP contribution in [0, 0.1) is 16.0 Å². The summed E-state index contributed by atoms with van der Waals surface area (Å²) < 4.78 is 4.88. The molecule has 9 heteroatoms. The van der Waals surface area contributed by atoms with Crippen LogP contribution in [0.1, 0.15) is 20.8 Å². The Labute approximate surface area is 132 Å². The zero-order valence-electron chi connectivity index (χ0n) is 13.0. The molecule has 0 saturated heterocycles. The predicted molar refractivity (Wildman–Crippen MR) is 82.2 cm³/mol. The maximum Gasteiger partial charge on any atom is 0.328 e. The molecule has 0 heterocycles. The SMILES string of the molecule is CCOC(=O)C(NC(=O)Nc1ccc([N+](=O)[O-])cc1O)C(C)C. The van der Waals surface area contributed by atoms with Gasteiger partial charge in [0.15, 0.2) is 0 Å². The van der Waals surface area contributed by atoms with E-state index in [0.717, 1.165) is 12.1 Å². The lowest BCUT2D eigenvalue weighted by atomic mass is 10.1. The van der Waals surface area contributed by atoms with Crippen LogP contribution in [0.2, 0.25) is 0 Å². The Morgan fingerprint density at radius 3 is 2.52 bits per heavy atom. The zero-order chi connectivity index (χ0) is 17.6. The molecule has 2 amide bonds. The molecular formula is C14H19N3O6. The number of nitrogens with zero attached hydrogens (tertiary/aromatic N) is 1. The lowest BCUT2D eigenvalue weighted by Gasteiger charge is -2.20. The van der Waals surface area contributed by atoms with Gasteiger partial charge in [0.05, 0.1) is 23.3 Å². The fraction of sp³-hybridized carbons (Fsp3) is 0.429. The molecule has 1 unspecified atom stereocenters. The molecule has 3 N–H and O–H groups in total. The number of carbonyl (C=O) groups is 2. The normalized spacial score (nSPS) is 11.7. The number of hydrogen-bond acceptors (Lipinski definition) is 6. The number of esters is 1. The highest BCUT2D eigenvalue weighted by Gasteiger charge is 2.25. The van der Waals surface area contributed by atoms with Crippen LogP contribution in [0.3, 0.4) is 0 Å². The highest BCUT2D eigenvalue weighted by atomic mass is 16.6. The first-order valence-electron chi connectivity index (χ1n) is 6.97. The molecule has 0 aliphatic carbocycles. The number of urea groups is 1. The molecule has 0 saturated carbocycles. The lowest BCUT2D eigenvalue weighted by Crippen LogP contribution is -2.47. The maximum atomic E-state index is 11.9. The molecule has 1 atom stereocenters. The van der Waals surface area contributed by atoms with Crippen molar-refractivity contribution in [1.82, 2.24) is 5.32 Å². The first kappa shape index (κ1) is 18.2. The number of benzene rings is 1. The monoisotopic (exact) mass is 325 g/mol. The second kappa shape index (κ2) is 7.97. The third-order valence-corrected chi connectivity index (χ3v) is 2.93. The van der Waals surface area contributed by atoms with Gasteiger partial charge in [-0.25, -0.2) is 9.59 Å². The Kier molecular flexibility index (Phi) is 6.31. The van der Waals surface area contributed by atoms with Gasteiger partial charge < -0.3 is 20.5 Å². The van der Waals surface area contributed by atoms with Crippen LogP contribution in [0.15, 0.2) is 18.2 Å². The van der Waals surface area contributed by atoms with Gasteiger partial charge in [-0.2, -0.15) is 0 Å². The number of nitrogens with one attached hydrogen (secondary N) is 2. The van der Waals surface area contributed by atoms with E-state index in [0.29, 0.717) is 0 Å². The topological polar surface area (TPSA) is 131 Å². The fourth-order valence-electron chi connectivity index (χ4n) is 1.77. The highest BCUT2D eigenvalue weighted by molar-refractivity contribution is 5.94. The number of phenolic OH excluding ortho intramolecular Hbond substituents is 1. The number of rotatable bonds is 6. The van der Waals surface area contributed by atoms with E-state index in [2.05, 4.69) is 10.6 Å². The molecule has 0 fully saturated rings. The Morgan fingerprint density at radius 1 is 1.39 bits per heavy atom. The quantitative estimate of drug-likeness (QED) is 0.317. The zero-order valence-corrected chi connectivity index (χ0v) is 13.0. The van der Waals surface area contributed by atoms with E-state index in [1.165, 1.54) is 6.07 Å². The summed E-state index contributed by atoms with van der Waals surface area (Å²) in [6.07, 6.45) is 0. The van der Waals surface area contributed by atoms with Crippen molar-refractivity contribution >= 4 is 23.4 Å². The van der Waals surface area contributed by atoms with Gasteiger partial charge in [0.25, 0.3) is 5.69 Å². The molecule has 0 bridgehead atoms. The number of nitro groups is 1. The summed E-state index contributed by atoms with van der Waals surface area (Å²) in [5.74, 6) is -1.22. The standard InChI is InChI=1S/C14H19N3O6/c1-4-23-13(19)12(8(2)3)16-14(20)15-10-6-5-9(17(21)22)7-11(10)18/h5-8,12,18H,4H2,1-3H3,(H2,15,16,20). The minimum absolute atomic E-state index is 0.0144. The summed E-state index contributed by atoms with van der Waals surface area (Å²) >= 11 is 0. The second-order valence-corrected chi connectivity index (χ2v) is 5.03. The van der Waals surface area contributed by atoms with Gasteiger partial charge in [-0.1, -0.05) is 13.8 Å². The molecule has 0 aromatic heterocycles. The number of ether oxygens (including phenoxy) is 1. The number of amides is 2. The average Bonchev–Trinajstić information content (AvgIpc) is 2.46. The number of carbonyl (C=O) groups excluding carboxylic acids is 2. The highest BCUT2D eigenvalue weighted by Crippen LogP contribution is 2.27. The molecule has 1 aromatic rings. The minimum atomic E-state index is -0.852. The summed E-state index contributed by atoms with van der Waals surface area (Å²) in [4.78, 5) is 33.6. The first-order chi connectivity index (χ1) is 10.8. The molecule has 0 aliphatic rings. The molecule has 9 nitrogen and oxygen atoms in total. The molecule has 1 rings (SSSR count). The number of aromatic hydroxyl groups is 1. The van der Waals surface area contributed by atoms with Crippen molar-refractivity contribution in [3.63, 3.8) is 0 Å². The predicted octanol–water partition coefficient (Wildman–Crippen LogP) is 2.01. The van der Waals surface area contributed by atoms with Crippen molar-refractivity contribution in [1.29, 1.82) is 0 Å². The molecule has 0 aliphatic heterocycles. The summed E-state index contributed by atoms with van der Waals surface area (Å²) in [6, 6.07) is 1.67. The second-order valence-electron chi connectivity index (χ2n) is 5.03. The van der Waals surface area contributed by atoms with Crippen molar-refractivity contribution in [3.8, 4) is 5.75 Å². The molecular weight excluding hydrogens is 306 g/mol. The summed E-state index contributed by atoms with van der Waals surface area (Å²) in [5, 5.41) is 25.0. The minimum Gasteiger partial charge on any atom is -0.506 e. The first-order valence-corrected chi connectivity index (χ1v) is 6.97. The van der Waals surface area contributed by atoms with E-state index in [1.54, 1.807) is 20.8 Å². The summed E-state index contributed by atoms with van der Waals surface area (Å²) in [7, 11) is 0. The van der Waals surface area contributed by atoms with Crippen LogP contribution in [-0.4, -0.2) is 34.7 Å². The molecule has 23 heavy (non-hydrogen) atoms. The van der Waals surface area contributed by atoms with Crippen molar-refractivity contribution in [2.75, 3.05) is 11.9 Å². The average molecular weight is 325 g/mol. The van der Waals surface area contributed by atoms with Gasteiger partial charge in [-0.3, -0.25) is 10.1 Å². The Morgan fingerprint density at radius 2 is 2.04 bits per heavy atom. The van der Waals surface area contributed by atoms with Crippen LogP contribution in [0.25, 0.3) is 0 Å². The number of anilines is 1. The molecule has 0 radical (unpaired) electrons. The number of phenols is 1. The fourth-order valence-corrected chi connectivity index (χ4v) is 1.77. The molecule has 126 valence electrons.